The average Bonchev–Trinajstić information content (AvgIpc) is 2.72. The van der Waals surface area contributed by atoms with Crippen LogP contribution >= 0.6 is 0 Å². The Kier molecular flexibility index (Phi) is 4.65. The molecular formula is C15H19FN4O2. The summed E-state index contributed by atoms with van der Waals surface area (Å²) >= 11 is 0. The van der Waals surface area contributed by atoms with E-state index in [4.69, 9.17) is 0 Å². The summed E-state index contributed by atoms with van der Waals surface area (Å²) in [6.07, 6.45) is 0. The number of hydrogen-bond acceptors (Lipinski definition) is 3. The molecular weight excluding hydrogens is 287 g/mol. The van der Waals surface area contributed by atoms with Gasteiger partial charge in [-0.1, -0.05) is 6.07 Å². The van der Waals surface area contributed by atoms with Crippen molar-refractivity contribution in [1.82, 2.24) is 15.1 Å². The first kappa shape index (κ1) is 15.8. The van der Waals surface area contributed by atoms with Crippen LogP contribution in [0.3, 0.4) is 0 Å². The molecule has 1 heterocycles. The van der Waals surface area contributed by atoms with Gasteiger partial charge in [-0.3, -0.25) is 19.4 Å². The predicted octanol–water partition coefficient (Wildman–Crippen LogP) is 1.52. The number of anilines is 1. The Labute approximate surface area is 127 Å². The Morgan fingerprint density at radius 3 is 2.73 bits per heavy atom. The van der Waals surface area contributed by atoms with Crippen molar-refractivity contribution in [3.8, 4) is 0 Å². The van der Waals surface area contributed by atoms with Crippen molar-refractivity contribution in [2.75, 3.05) is 11.9 Å². The summed E-state index contributed by atoms with van der Waals surface area (Å²) in [6, 6.07) is 5.35. The van der Waals surface area contributed by atoms with E-state index in [1.807, 2.05) is 19.9 Å². The first-order valence-corrected chi connectivity index (χ1v) is 7.00. The van der Waals surface area contributed by atoms with Gasteiger partial charge in [-0.25, -0.2) is 0 Å². The van der Waals surface area contributed by atoms with Crippen LogP contribution in [0.4, 0.5) is 10.1 Å². The summed E-state index contributed by atoms with van der Waals surface area (Å²) in [5.41, 5.74) is 1.60. The zero-order chi connectivity index (χ0) is 16.3. The summed E-state index contributed by atoms with van der Waals surface area (Å²) in [5, 5.41) is 8.00. The smallest absolute Gasteiger partial charge is 0.274 e. The SMILES string of the molecule is CCNc1cccc(C(=O)NCc2c(F)[nH]n(C)c2=O)c1C. The molecule has 1 aromatic heterocycles. The van der Waals surface area contributed by atoms with Crippen molar-refractivity contribution in [1.29, 1.82) is 0 Å². The van der Waals surface area contributed by atoms with Crippen molar-refractivity contribution in [2.45, 2.75) is 20.4 Å². The summed E-state index contributed by atoms with van der Waals surface area (Å²) in [4.78, 5) is 23.9. The molecule has 0 spiro atoms. The Morgan fingerprint density at radius 2 is 2.14 bits per heavy atom. The second kappa shape index (κ2) is 6.46. The zero-order valence-corrected chi connectivity index (χ0v) is 12.8. The van der Waals surface area contributed by atoms with Gasteiger partial charge in [0.05, 0.1) is 12.1 Å². The van der Waals surface area contributed by atoms with Crippen LogP contribution in [0.2, 0.25) is 0 Å². The molecule has 0 atom stereocenters. The maximum Gasteiger partial charge on any atom is 0.274 e. The van der Waals surface area contributed by atoms with Crippen LogP contribution in [-0.2, 0) is 13.6 Å². The number of halogens is 1. The maximum absolute atomic E-state index is 13.5. The van der Waals surface area contributed by atoms with Gasteiger partial charge in [0.15, 0.2) is 0 Å². The molecule has 0 saturated carbocycles. The molecule has 2 rings (SSSR count). The lowest BCUT2D eigenvalue weighted by molar-refractivity contribution is 0.0950. The molecule has 0 fully saturated rings. The van der Waals surface area contributed by atoms with Crippen LogP contribution in [0.5, 0.6) is 0 Å². The number of aromatic nitrogens is 2. The van der Waals surface area contributed by atoms with E-state index >= 15 is 0 Å². The predicted molar refractivity (Wildman–Crippen MR) is 82.5 cm³/mol. The van der Waals surface area contributed by atoms with Crippen LogP contribution in [0.1, 0.15) is 28.4 Å². The summed E-state index contributed by atoms with van der Waals surface area (Å²) < 4.78 is 14.6. The molecule has 1 aromatic carbocycles. The van der Waals surface area contributed by atoms with Crippen LogP contribution in [0, 0.1) is 12.9 Å². The number of hydrogen-bond donors (Lipinski definition) is 3. The van der Waals surface area contributed by atoms with Gasteiger partial charge in [-0.2, -0.15) is 4.39 Å². The summed E-state index contributed by atoms with van der Waals surface area (Å²) in [7, 11) is 1.42. The molecule has 6 nitrogen and oxygen atoms in total. The first-order valence-electron chi connectivity index (χ1n) is 7.00. The summed E-state index contributed by atoms with van der Waals surface area (Å²) in [6.45, 7) is 4.39. The molecule has 3 N–H and O–H groups in total. The standard InChI is InChI=1S/C15H19FN4O2/c1-4-17-12-7-5-6-10(9(12)2)14(21)18-8-11-13(16)19-20(3)15(11)22/h5-7,17,19H,4,8H2,1-3H3,(H,18,21). The lowest BCUT2D eigenvalue weighted by Gasteiger charge is -2.12. The number of nitrogens with zero attached hydrogens (tertiary/aromatic N) is 1. The minimum Gasteiger partial charge on any atom is -0.385 e. The molecule has 0 bridgehead atoms. The third kappa shape index (κ3) is 3.03. The lowest BCUT2D eigenvalue weighted by Crippen LogP contribution is -2.27. The third-order valence-corrected chi connectivity index (χ3v) is 3.46. The monoisotopic (exact) mass is 306 g/mol. The number of rotatable bonds is 5. The molecule has 22 heavy (non-hydrogen) atoms. The number of carbonyl (C=O) groups excluding carboxylic acids is 1. The van der Waals surface area contributed by atoms with Gasteiger partial charge in [0, 0.05) is 24.8 Å². The highest BCUT2D eigenvalue weighted by Gasteiger charge is 2.15. The van der Waals surface area contributed by atoms with Crippen molar-refractivity contribution in [2.24, 2.45) is 7.05 Å². The average molecular weight is 306 g/mol. The molecule has 0 saturated heterocycles. The number of amides is 1. The van der Waals surface area contributed by atoms with Crippen LogP contribution in [0.25, 0.3) is 0 Å². The molecule has 118 valence electrons. The van der Waals surface area contributed by atoms with E-state index in [2.05, 4.69) is 15.7 Å². The maximum atomic E-state index is 13.5. The van der Waals surface area contributed by atoms with E-state index in [9.17, 15) is 14.0 Å². The highest BCUT2D eigenvalue weighted by atomic mass is 19.1. The fourth-order valence-electron chi connectivity index (χ4n) is 2.24. The highest BCUT2D eigenvalue weighted by Crippen LogP contribution is 2.18. The van der Waals surface area contributed by atoms with Crippen molar-refractivity contribution < 1.29 is 9.18 Å². The fourth-order valence-corrected chi connectivity index (χ4v) is 2.24. The molecule has 0 aliphatic carbocycles. The molecule has 0 aliphatic heterocycles. The fraction of sp³-hybridized carbons (Fsp3) is 0.333. The minimum absolute atomic E-state index is 0.0867. The Balaban J connectivity index is 2.16. The van der Waals surface area contributed by atoms with Gasteiger partial charge in [-0.15, -0.1) is 0 Å². The summed E-state index contributed by atoms with van der Waals surface area (Å²) in [5.74, 6) is -1.08. The van der Waals surface area contributed by atoms with E-state index in [0.717, 1.165) is 22.5 Å². The topological polar surface area (TPSA) is 78.9 Å². The largest absolute Gasteiger partial charge is 0.385 e. The van der Waals surface area contributed by atoms with Gasteiger partial charge in [0.25, 0.3) is 11.5 Å². The lowest BCUT2D eigenvalue weighted by atomic mass is 10.1. The van der Waals surface area contributed by atoms with Gasteiger partial charge in [-0.05, 0) is 31.5 Å². The number of benzene rings is 1. The second-order valence-electron chi connectivity index (χ2n) is 4.96. The Bertz CT molecular complexity index is 748. The number of aryl methyl sites for hydroxylation is 1. The molecule has 7 heteroatoms. The van der Waals surface area contributed by atoms with Crippen LogP contribution < -0.4 is 16.2 Å². The van der Waals surface area contributed by atoms with E-state index in [-0.39, 0.29) is 18.0 Å². The quantitative estimate of drug-likeness (QED) is 0.783. The number of H-pyrrole nitrogens is 1. The van der Waals surface area contributed by atoms with Crippen molar-refractivity contribution >= 4 is 11.6 Å². The van der Waals surface area contributed by atoms with Crippen LogP contribution in [0.15, 0.2) is 23.0 Å². The van der Waals surface area contributed by atoms with Crippen LogP contribution in [-0.4, -0.2) is 22.2 Å². The third-order valence-electron chi connectivity index (χ3n) is 3.46. The highest BCUT2D eigenvalue weighted by molar-refractivity contribution is 5.97. The van der Waals surface area contributed by atoms with E-state index in [0.29, 0.717) is 5.56 Å². The van der Waals surface area contributed by atoms with Gasteiger partial charge < -0.3 is 10.6 Å². The van der Waals surface area contributed by atoms with Crippen molar-refractivity contribution in [3.63, 3.8) is 0 Å². The Hall–Kier alpha value is -2.57. The number of aromatic amines is 1. The number of nitrogens with one attached hydrogen (secondary N) is 3. The van der Waals surface area contributed by atoms with Gasteiger partial charge in [0.1, 0.15) is 0 Å². The van der Waals surface area contributed by atoms with E-state index < -0.39 is 11.5 Å². The zero-order valence-electron chi connectivity index (χ0n) is 12.8. The molecule has 0 radical (unpaired) electrons. The van der Waals surface area contributed by atoms with Crippen molar-refractivity contribution in [3.05, 3.63) is 51.2 Å². The Morgan fingerprint density at radius 1 is 1.41 bits per heavy atom. The molecule has 0 aliphatic rings. The van der Waals surface area contributed by atoms with E-state index in [1.165, 1.54) is 7.05 Å². The molecule has 2 aromatic rings. The first-order chi connectivity index (χ1) is 10.5. The molecule has 1 amide bonds. The second-order valence-corrected chi connectivity index (χ2v) is 4.96. The van der Waals surface area contributed by atoms with Gasteiger partial charge in [0.2, 0.25) is 5.95 Å². The normalized spacial score (nSPS) is 10.5. The minimum atomic E-state index is -0.731. The molecule has 0 unspecified atom stereocenters. The van der Waals surface area contributed by atoms with E-state index in [1.54, 1.807) is 12.1 Å². The van der Waals surface area contributed by atoms with Gasteiger partial charge >= 0.3 is 0 Å². The number of carbonyl (C=O) groups is 1.